The first-order valence-corrected chi connectivity index (χ1v) is 50.7. The number of aromatic nitrogens is 5. The molecule has 7 aromatic carbocycles. The van der Waals surface area contributed by atoms with Gasteiger partial charge >= 0.3 is 0 Å². The normalized spacial score (nSPS) is 17.5. The van der Waals surface area contributed by atoms with Crippen LogP contribution in [0.25, 0.3) is 87.6 Å². The zero-order valence-electron chi connectivity index (χ0n) is 72.0. The minimum atomic E-state index is -3.14. The van der Waals surface area contributed by atoms with Crippen molar-refractivity contribution in [2.24, 2.45) is 0 Å². The average Bonchev–Trinajstić information content (AvgIpc) is 1.51. The highest BCUT2D eigenvalue weighted by Crippen LogP contribution is 2.46. The van der Waals surface area contributed by atoms with Crippen LogP contribution in [0.2, 0.25) is 0 Å². The first-order valence-electron chi connectivity index (χ1n) is 43.6. The lowest BCUT2D eigenvalue weighted by Crippen LogP contribution is -2.43. The Bertz CT molecular complexity index is 6710. The van der Waals surface area contributed by atoms with E-state index in [1.807, 2.05) is 99.4 Å². The number of benzene rings is 7. The Kier molecular flexibility index (Phi) is 26.3. The Morgan fingerprint density at radius 3 is 1.04 bits per heavy atom. The third-order valence-electron chi connectivity index (χ3n) is 25.3. The first-order chi connectivity index (χ1) is 60.6. The number of fused-ring (bicyclic) bond motifs is 4. The van der Waals surface area contributed by atoms with E-state index in [9.17, 15) is 49.5 Å². The maximum Gasteiger partial charge on any atom is 0.216 e. The summed E-state index contributed by atoms with van der Waals surface area (Å²) in [4.78, 5) is 21.8. The summed E-state index contributed by atoms with van der Waals surface area (Å²) in [6.07, 6.45) is 31.9. The van der Waals surface area contributed by atoms with E-state index in [1.54, 1.807) is 35.8 Å². The molecular formula is C98H106N16O8S4. The molecule has 9 heterocycles. The molecule has 0 spiro atoms. The number of rotatable bonds is 20. The third kappa shape index (κ3) is 21.3. The second kappa shape index (κ2) is 37.7. The third-order valence-corrected chi connectivity index (χ3v) is 31.6. The van der Waals surface area contributed by atoms with Crippen molar-refractivity contribution in [1.82, 2.24) is 42.1 Å². The van der Waals surface area contributed by atoms with Gasteiger partial charge in [-0.3, -0.25) is 24.9 Å². The van der Waals surface area contributed by atoms with Crippen LogP contribution in [0.5, 0.6) is 0 Å². The van der Waals surface area contributed by atoms with Gasteiger partial charge in [0.15, 0.2) is 0 Å². The molecule has 4 aliphatic heterocycles. The van der Waals surface area contributed by atoms with Crippen molar-refractivity contribution in [3.8, 4) is 62.7 Å². The number of anilines is 4. The number of nitrogens with one attached hydrogen (secondary N) is 4. The number of aryl methyl sites for hydroxylation is 3. The van der Waals surface area contributed by atoms with E-state index in [0.29, 0.717) is 75.3 Å². The summed E-state index contributed by atoms with van der Waals surface area (Å²) in [5.41, 5.74) is 20.3. The fourth-order valence-corrected chi connectivity index (χ4v) is 22.4. The van der Waals surface area contributed by atoms with E-state index < -0.39 is 40.1 Å². The molecule has 7 aliphatic rings. The van der Waals surface area contributed by atoms with Gasteiger partial charge in [0, 0.05) is 182 Å². The maximum absolute atomic E-state index is 12.5. The largest absolute Gasteiger partial charge is 0.382 e. The Morgan fingerprint density at radius 2 is 0.698 bits per heavy atom. The van der Waals surface area contributed by atoms with Gasteiger partial charge in [0.05, 0.1) is 58.9 Å². The number of hydrogen-bond acceptors (Lipinski definition) is 20. The molecule has 7 fully saturated rings. The molecule has 4 N–H and O–H groups in total. The SMILES string of the molecule is CCc1cc(C#N)cc(-c2cc(NC3CCN(S(C)(=O)=O)CC3)c3cnccc3c2)c1.CS(=O)(=O)N1CCC(Nc2cc(-c3cc(C#N)cc(C4CC4)c3)cc3ccncc23)CC1.CS(=O)(=O)N1CCC(Nc2cc(-c3ccc(C4CC4)c(C#N)c3)cc3ccncc23)CC1.Cc1cc(-c2cc(NC3CCN(S(=O)(=O)C4CC4)CC3)c3cnccc3c2)cc(C)n1. The van der Waals surface area contributed by atoms with E-state index in [4.69, 9.17) is 0 Å². The van der Waals surface area contributed by atoms with Gasteiger partial charge in [0.1, 0.15) is 0 Å². The second-order valence-electron chi connectivity index (χ2n) is 34.7. The van der Waals surface area contributed by atoms with Crippen molar-refractivity contribution in [2.75, 3.05) is 92.4 Å². The van der Waals surface area contributed by atoms with Crippen LogP contribution in [0, 0.1) is 47.8 Å². The van der Waals surface area contributed by atoms with Gasteiger partial charge in [-0.2, -0.15) is 15.8 Å². The monoisotopic (exact) mass is 1760 g/mol. The number of hydrogen-bond donors (Lipinski definition) is 4. The standard InChI is InChI=1S/2C25H26N4O2S.C24H28N4O2S.C24H26N4O2S/c1-32(30,31)29-8-5-23(6-9-29)28-25-14-22(12-19-4-7-27-16-24(19)25)21-11-17(15-26)10-20(13-21)18-2-3-18;1-32(30,31)29-10-7-22(8-11-29)28-25-14-20(13-19-6-9-27-16-24(19)25)18-4-5-23(17-2-3-17)21(12-18)15-26;1-16-11-19(12-17(2)26-16)20-13-18-5-8-25-15-23(18)24(14-20)27-21-6-9-28(10-7-21)31(29,30)22-3-4-22;1-3-17-10-18(15-25)12-20(11-17)21-13-19-4-7-26-16-23(19)24(14-21)27-22-5-8-28(9-6-22)31(2,29)30/h4,7,10-14,16,18,23,28H,2-3,5-6,8-9H2,1H3;4-6,9,12-14,16-17,22,28H,2-3,7-8,10-11H2,1H3;5,8,11-15,21-22,27H,3-4,6-7,9-10H2,1-2H3;4,7,10-14,16,22,27H,3,5-6,8-9H2,1-2H3. The van der Waals surface area contributed by atoms with Crippen LogP contribution in [0.3, 0.4) is 0 Å². The van der Waals surface area contributed by atoms with E-state index in [2.05, 4.69) is 156 Å². The van der Waals surface area contributed by atoms with Crippen molar-refractivity contribution in [2.45, 2.75) is 158 Å². The fraction of sp³-hybridized carbons (Fsp3) is 0.367. The zero-order valence-corrected chi connectivity index (χ0v) is 75.2. The lowest BCUT2D eigenvalue weighted by atomic mass is 9.95. The molecule has 0 radical (unpaired) electrons. The van der Waals surface area contributed by atoms with Crippen molar-refractivity contribution in [1.29, 1.82) is 15.8 Å². The van der Waals surface area contributed by atoms with Crippen molar-refractivity contribution >= 4 is 106 Å². The Labute approximate surface area is 739 Å². The van der Waals surface area contributed by atoms with Gasteiger partial charge in [-0.15, -0.1) is 0 Å². The summed E-state index contributed by atoms with van der Waals surface area (Å²) in [6.45, 7) is 10.5. The highest BCUT2D eigenvalue weighted by molar-refractivity contribution is 7.90. The summed E-state index contributed by atoms with van der Waals surface area (Å²) >= 11 is 0. The van der Waals surface area contributed by atoms with Gasteiger partial charge in [-0.05, 0) is 320 Å². The number of nitrogens with zero attached hydrogens (tertiary/aromatic N) is 12. The zero-order chi connectivity index (χ0) is 88.2. The number of piperidine rings is 4. The molecule has 126 heavy (non-hydrogen) atoms. The van der Waals surface area contributed by atoms with Gasteiger partial charge in [0.2, 0.25) is 40.1 Å². The molecule has 0 unspecified atom stereocenters. The van der Waals surface area contributed by atoms with Crippen LogP contribution in [0.15, 0.2) is 189 Å². The number of nitriles is 3. The van der Waals surface area contributed by atoms with E-state index in [0.717, 1.165) is 209 Å². The molecule has 0 amide bonds. The van der Waals surface area contributed by atoms with Gasteiger partial charge < -0.3 is 21.3 Å². The molecule has 4 saturated heterocycles. The molecule has 3 aliphatic carbocycles. The summed E-state index contributed by atoms with van der Waals surface area (Å²) in [6, 6.07) is 55.6. The summed E-state index contributed by atoms with van der Waals surface area (Å²) in [5.74, 6) is 1.11. The summed E-state index contributed by atoms with van der Waals surface area (Å²) in [5, 5.41) is 51.7. The second-order valence-corrected chi connectivity index (χ2v) is 42.9. The Balaban J connectivity index is 0.000000124. The minimum absolute atomic E-state index is 0.129. The highest BCUT2D eigenvalue weighted by Gasteiger charge is 2.42. The summed E-state index contributed by atoms with van der Waals surface area (Å²) in [7, 11) is -12.5. The van der Waals surface area contributed by atoms with Crippen LogP contribution >= 0.6 is 0 Å². The first kappa shape index (κ1) is 88.1. The quantitative estimate of drug-likeness (QED) is 0.0551. The van der Waals surface area contributed by atoms with Crippen LogP contribution in [0.4, 0.5) is 22.7 Å². The van der Waals surface area contributed by atoms with Crippen LogP contribution in [-0.2, 0) is 46.5 Å². The maximum atomic E-state index is 12.5. The van der Waals surface area contributed by atoms with Crippen molar-refractivity contribution in [3.63, 3.8) is 0 Å². The average molecular weight is 1760 g/mol. The van der Waals surface area contributed by atoms with E-state index >= 15 is 0 Å². The van der Waals surface area contributed by atoms with Crippen LogP contribution in [-0.4, -0.2) is 176 Å². The van der Waals surface area contributed by atoms with Crippen molar-refractivity contribution in [3.05, 3.63) is 234 Å². The lowest BCUT2D eigenvalue weighted by Gasteiger charge is -2.32. The molecular weight excluding hydrogens is 1660 g/mol. The Morgan fingerprint density at radius 1 is 0.357 bits per heavy atom. The molecule has 12 aromatic rings. The molecule has 0 atom stereocenters. The molecule has 3 saturated carbocycles. The van der Waals surface area contributed by atoms with Gasteiger partial charge in [-0.1, -0.05) is 31.2 Å². The number of pyridine rings is 5. The highest BCUT2D eigenvalue weighted by atomic mass is 32.2. The number of sulfonamides is 4. The smallest absolute Gasteiger partial charge is 0.216 e. The Hall–Kier alpha value is -11.4. The van der Waals surface area contributed by atoms with Gasteiger partial charge in [-0.25, -0.2) is 50.9 Å². The predicted octanol–water partition coefficient (Wildman–Crippen LogP) is 17.4. The van der Waals surface area contributed by atoms with Crippen LogP contribution < -0.4 is 21.3 Å². The van der Waals surface area contributed by atoms with Crippen molar-refractivity contribution < 1.29 is 33.7 Å². The van der Waals surface area contributed by atoms with Crippen LogP contribution in [0.1, 0.15) is 153 Å². The van der Waals surface area contributed by atoms with E-state index in [1.165, 1.54) is 50.0 Å². The molecule has 650 valence electrons. The predicted molar refractivity (Wildman–Crippen MR) is 503 cm³/mol. The molecule has 5 aromatic heterocycles. The lowest BCUT2D eigenvalue weighted by molar-refractivity contribution is 0.329. The summed E-state index contributed by atoms with van der Waals surface area (Å²) < 4.78 is 102. The molecule has 28 heteroatoms. The van der Waals surface area contributed by atoms with Gasteiger partial charge in [0.25, 0.3) is 0 Å². The topological polar surface area (TPSA) is 333 Å². The molecule has 19 rings (SSSR count). The van der Waals surface area contributed by atoms with E-state index in [-0.39, 0.29) is 29.4 Å². The molecule has 24 nitrogen and oxygen atoms in total. The molecule has 0 bridgehead atoms. The minimum Gasteiger partial charge on any atom is -0.382 e. The fourth-order valence-electron chi connectivity index (χ4n) is 17.9.